The van der Waals surface area contributed by atoms with E-state index in [1.54, 1.807) is 42.6 Å². The van der Waals surface area contributed by atoms with Crippen LogP contribution in [0.15, 0.2) is 54.7 Å². The predicted octanol–water partition coefficient (Wildman–Crippen LogP) is 5.10. The van der Waals surface area contributed by atoms with Crippen molar-refractivity contribution in [3.8, 4) is 17.6 Å². The predicted molar refractivity (Wildman–Crippen MR) is 205 cm³/mol. The number of halogens is 1. The zero-order chi connectivity index (χ0) is 39.9. The zero-order valence-electron chi connectivity index (χ0n) is 31.9. The highest BCUT2D eigenvalue weighted by Gasteiger charge is 2.64. The fourth-order valence-electron chi connectivity index (χ4n) is 8.83. The first-order valence-corrected chi connectivity index (χ1v) is 19.4. The molecular weight excluding hydrogens is 736 g/mol. The number of ether oxygens (including phenoxy) is 2. The lowest BCUT2D eigenvalue weighted by atomic mass is 9.49. The van der Waals surface area contributed by atoms with Gasteiger partial charge in [0.15, 0.2) is 0 Å². The quantitative estimate of drug-likeness (QED) is 0.176. The fourth-order valence-corrected chi connectivity index (χ4v) is 9.04. The van der Waals surface area contributed by atoms with Crippen molar-refractivity contribution in [2.24, 2.45) is 10.8 Å². The van der Waals surface area contributed by atoms with E-state index in [9.17, 15) is 29.2 Å². The molecule has 3 aromatic rings. The highest BCUT2D eigenvalue weighted by molar-refractivity contribution is 6.31. The standard InChI is InChI=1S/C42H45ClN6O7/c1-41(2)39(42(3,4)40(41)56-28-12-10-24(20-44)32(43)19-28)47-35(51)25-9-11-26(45-21-25)8-6-5-7-17-48-22-29(23-48)55-27-13-14-30-31(18-27)38(54)49(37(30)53)33-15-16-34(50)46-36(33)52/h9-14,18-19,21,29,33,39-40H,5-8,15-17,22-23H2,1-4H3,(H,47,51)(H,46,50,52)/t33?,39-,40-. The van der Waals surface area contributed by atoms with Crippen molar-refractivity contribution in [2.75, 3.05) is 19.6 Å². The van der Waals surface area contributed by atoms with E-state index in [1.807, 2.05) is 12.1 Å². The molecule has 2 aromatic carbocycles. The summed E-state index contributed by atoms with van der Waals surface area (Å²) >= 11 is 6.22. The van der Waals surface area contributed by atoms with Crippen LogP contribution in [0.1, 0.15) is 102 Å². The van der Waals surface area contributed by atoms with Gasteiger partial charge < -0.3 is 14.8 Å². The van der Waals surface area contributed by atoms with Crippen molar-refractivity contribution in [2.45, 2.75) is 90.5 Å². The smallest absolute Gasteiger partial charge is 0.262 e. The summed E-state index contributed by atoms with van der Waals surface area (Å²) in [6.45, 7) is 10.7. The summed E-state index contributed by atoms with van der Waals surface area (Å²) < 4.78 is 12.4. The summed E-state index contributed by atoms with van der Waals surface area (Å²) in [5, 5.41) is 14.9. The number of hydrogen-bond acceptors (Lipinski definition) is 10. The largest absolute Gasteiger partial charge is 0.489 e. The van der Waals surface area contributed by atoms with Crippen molar-refractivity contribution in [3.05, 3.63) is 87.7 Å². The molecule has 0 radical (unpaired) electrons. The number of nitriles is 1. The van der Waals surface area contributed by atoms with E-state index in [0.717, 1.165) is 55.9 Å². The number of nitrogens with zero attached hydrogens (tertiary/aromatic N) is 4. The van der Waals surface area contributed by atoms with Crippen LogP contribution in [0.3, 0.4) is 0 Å². The van der Waals surface area contributed by atoms with Crippen LogP contribution in [0.25, 0.3) is 0 Å². The Morgan fingerprint density at radius 1 is 0.946 bits per heavy atom. The van der Waals surface area contributed by atoms with Crippen LogP contribution in [0.2, 0.25) is 5.02 Å². The number of carbonyl (C=O) groups excluding carboxylic acids is 5. The Bertz CT molecular complexity index is 2110. The zero-order valence-corrected chi connectivity index (χ0v) is 32.7. The van der Waals surface area contributed by atoms with Gasteiger partial charge in [0.2, 0.25) is 11.8 Å². The Hall–Kier alpha value is -5.32. The Morgan fingerprint density at radius 2 is 1.66 bits per heavy atom. The normalized spacial score (nSPS) is 22.7. The lowest BCUT2D eigenvalue weighted by Crippen LogP contribution is -2.74. The number of benzene rings is 2. The number of aryl methyl sites for hydroxylation is 1. The molecule has 56 heavy (non-hydrogen) atoms. The number of hydrogen-bond donors (Lipinski definition) is 2. The molecule has 13 nitrogen and oxygen atoms in total. The number of fused-ring (bicyclic) bond motifs is 1. The van der Waals surface area contributed by atoms with Gasteiger partial charge in [-0.25, -0.2) is 0 Å². The molecule has 3 aliphatic heterocycles. The Labute approximate surface area is 330 Å². The van der Waals surface area contributed by atoms with E-state index in [-0.39, 0.29) is 59.0 Å². The number of amides is 5. The lowest BCUT2D eigenvalue weighted by Gasteiger charge is -2.63. The van der Waals surface area contributed by atoms with E-state index in [0.29, 0.717) is 27.6 Å². The molecule has 1 aliphatic carbocycles. The van der Waals surface area contributed by atoms with Crippen LogP contribution in [-0.4, -0.2) is 88.2 Å². The first kappa shape index (κ1) is 38.9. The molecule has 3 fully saturated rings. The van der Waals surface area contributed by atoms with Gasteiger partial charge in [-0.2, -0.15) is 5.26 Å². The molecule has 1 unspecified atom stereocenters. The number of unbranched alkanes of at least 4 members (excludes halogenated alkanes) is 2. The van der Waals surface area contributed by atoms with Crippen molar-refractivity contribution in [1.82, 2.24) is 25.4 Å². The van der Waals surface area contributed by atoms with E-state index in [4.69, 9.17) is 21.1 Å². The maximum Gasteiger partial charge on any atom is 0.262 e. The molecule has 2 saturated heterocycles. The molecule has 7 rings (SSSR count). The van der Waals surface area contributed by atoms with Gasteiger partial charge >= 0.3 is 0 Å². The van der Waals surface area contributed by atoms with Gasteiger partial charge in [0.1, 0.15) is 35.8 Å². The van der Waals surface area contributed by atoms with E-state index < -0.39 is 29.7 Å². The average molecular weight is 781 g/mol. The van der Waals surface area contributed by atoms with Gasteiger partial charge in [-0.1, -0.05) is 45.7 Å². The monoisotopic (exact) mass is 780 g/mol. The molecule has 292 valence electrons. The second-order valence-corrected chi connectivity index (χ2v) is 16.7. The van der Waals surface area contributed by atoms with Gasteiger partial charge in [0, 0.05) is 54.3 Å². The molecule has 1 saturated carbocycles. The minimum absolute atomic E-state index is 0.0314. The number of piperidine rings is 1. The van der Waals surface area contributed by atoms with Gasteiger partial charge in [-0.05, 0) is 74.7 Å². The molecule has 5 amide bonds. The third-order valence-corrected chi connectivity index (χ3v) is 11.9. The van der Waals surface area contributed by atoms with Crippen molar-refractivity contribution in [3.63, 3.8) is 0 Å². The lowest BCUT2D eigenvalue weighted by molar-refractivity contribution is -0.164. The van der Waals surface area contributed by atoms with Gasteiger partial charge in [-0.3, -0.25) is 44.1 Å². The molecule has 4 heterocycles. The molecule has 0 spiro atoms. The molecule has 1 atom stereocenters. The van der Waals surface area contributed by atoms with Crippen LogP contribution in [0.5, 0.6) is 11.5 Å². The van der Waals surface area contributed by atoms with E-state index in [1.165, 1.54) is 0 Å². The first-order valence-electron chi connectivity index (χ1n) is 19.0. The average Bonchev–Trinajstić information content (AvgIpc) is 3.39. The summed E-state index contributed by atoms with van der Waals surface area (Å²) in [5.41, 5.74) is 1.53. The molecule has 1 aromatic heterocycles. The molecule has 4 aliphatic rings. The van der Waals surface area contributed by atoms with Gasteiger partial charge in [-0.15, -0.1) is 0 Å². The second kappa shape index (κ2) is 15.3. The van der Waals surface area contributed by atoms with Gasteiger partial charge in [0.25, 0.3) is 17.7 Å². The van der Waals surface area contributed by atoms with Crippen LogP contribution in [-0.2, 0) is 16.0 Å². The summed E-state index contributed by atoms with van der Waals surface area (Å²) in [7, 11) is 0. The third-order valence-electron chi connectivity index (χ3n) is 11.6. The fraction of sp³-hybridized carbons (Fsp3) is 0.452. The minimum atomic E-state index is -1.00. The van der Waals surface area contributed by atoms with Crippen molar-refractivity contribution in [1.29, 1.82) is 5.26 Å². The topological polar surface area (TPSA) is 171 Å². The Balaban J connectivity index is 0.804. The second-order valence-electron chi connectivity index (χ2n) is 16.3. The van der Waals surface area contributed by atoms with Crippen molar-refractivity contribution >= 4 is 41.1 Å². The van der Waals surface area contributed by atoms with Crippen LogP contribution < -0.4 is 20.1 Å². The first-order chi connectivity index (χ1) is 26.7. The maximum absolute atomic E-state index is 13.3. The Kier molecular flexibility index (Phi) is 10.6. The molecular formula is C42H45ClN6O7. The number of carbonyl (C=O) groups is 5. The molecule has 0 bridgehead atoms. The van der Waals surface area contributed by atoms with Crippen LogP contribution >= 0.6 is 11.6 Å². The number of nitrogens with one attached hydrogen (secondary N) is 2. The maximum atomic E-state index is 13.3. The summed E-state index contributed by atoms with van der Waals surface area (Å²) in [6.07, 6.45) is 5.43. The number of rotatable bonds is 13. The summed E-state index contributed by atoms with van der Waals surface area (Å²) in [5.74, 6) is -1.23. The SMILES string of the molecule is CC1(C)[C@H](NC(=O)c2ccc(CCCCCN3CC(Oc4ccc5c(c4)C(=O)N(C4CCC(=O)NC4=O)C5=O)C3)nc2)C(C)(C)[C@H]1Oc1ccc(C#N)c(Cl)c1. The Morgan fingerprint density at radius 3 is 2.34 bits per heavy atom. The van der Waals surface area contributed by atoms with Crippen LogP contribution in [0.4, 0.5) is 0 Å². The van der Waals surface area contributed by atoms with E-state index in [2.05, 4.69) is 54.3 Å². The van der Waals surface area contributed by atoms with Gasteiger partial charge in [0.05, 0.1) is 27.3 Å². The highest BCUT2D eigenvalue weighted by atomic mass is 35.5. The third kappa shape index (κ3) is 7.47. The van der Waals surface area contributed by atoms with E-state index >= 15 is 0 Å². The number of aromatic nitrogens is 1. The number of pyridine rings is 1. The molecule has 2 N–H and O–H groups in total. The van der Waals surface area contributed by atoms with Crippen LogP contribution in [0, 0.1) is 22.2 Å². The highest BCUT2D eigenvalue weighted by Crippen LogP contribution is 2.55. The summed E-state index contributed by atoms with van der Waals surface area (Å²) in [6, 6.07) is 14.5. The summed E-state index contributed by atoms with van der Waals surface area (Å²) in [4.78, 5) is 71.1. The minimum Gasteiger partial charge on any atom is -0.489 e. The number of likely N-dealkylation sites (tertiary alicyclic amines) is 1. The number of imide groups is 2. The van der Waals surface area contributed by atoms with Crippen molar-refractivity contribution < 1.29 is 33.4 Å². The molecule has 14 heteroatoms.